The van der Waals surface area contributed by atoms with E-state index in [4.69, 9.17) is 15.7 Å². The van der Waals surface area contributed by atoms with Crippen molar-refractivity contribution in [2.75, 3.05) is 23.1 Å². The number of nitrogens with two attached hydrogens (primary N) is 1. The highest BCUT2D eigenvalue weighted by molar-refractivity contribution is 6.38. The van der Waals surface area contributed by atoms with Gasteiger partial charge in [-0.25, -0.2) is 4.79 Å². The Morgan fingerprint density at radius 2 is 1.77 bits per heavy atom. The second kappa shape index (κ2) is 9.34. The zero-order valence-corrected chi connectivity index (χ0v) is 16.0. The lowest BCUT2D eigenvalue weighted by Crippen LogP contribution is -2.39. The molecule has 0 bridgehead atoms. The minimum Gasteiger partial charge on any atom is -0.451 e. The molecular weight excluding hydrogens is 386 g/mol. The molecule has 0 aromatic heterocycles. The zero-order chi connectivity index (χ0) is 21.5. The number of carbonyl (C=O) groups is 3. The van der Waals surface area contributed by atoms with Gasteiger partial charge in [-0.2, -0.15) is 10.4 Å². The average molecular weight is 405 g/mol. The van der Waals surface area contributed by atoms with Gasteiger partial charge in [0.25, 0.3) is 5.91 Å². The van der Waals surface area contributed by atoms with Crippen LogP contribution in [0.5, 0.6) is 0 Å². The summed E-state index contributed by atoms with van der Waals surface area (Å²) >= 11 is 0. The van der Waals surface area contributed by atoms with E-state index in [1.165, 1.54) is 9.91 Å². The van der Waals surface area contributed by atoms with Crippen molar-refractivity contribution in [2.24, 2.45) is 10.8 Å². The largest absolute Gasteiger partial charge is 0.451 e. The highest BCUT2D eigenvalue weighted by Gasteiger charge is 2.36. The van der Waals surface area contributed by atoms with Gasteiger partial charge in [0.2, 0.25) is 5.91 Å². The first kappa shape index (κ1) is 20.5. The maximum absolute atomic E-state index is 12.5. The summed E-state index contributed by atoms with van der Waals surface area (Å²) < 4.78 is 5.10. The summed E-state index contributed by atoms with van der Waals surface area (Å²) in [5.41, 5.74) is 6.56. The molecule has 2 N–H and O–H groups in total. The molecule has 1 aliphatic rings. The van der Waals surface area contributed by atoms with E-state index >= 15 is 0 Å². The Kier molecular flexibility index (Phi) is 6.39. The minimum atomic E-state index is -0.829. The van der Waals surface area contributed by atoms with Gasteiger partial charge < -0.3 is 10.5 Å². The molecule has 1 aliphatic heterocycles. The fourth-order valence-corrected chi connectivity index (χ4v) is 2.96. The molecule has 30 heavy (non-hydrogen) atoms. The Balaban J connectivity index is 1.69. The van der Waals surface area contributed by atoms with Gasteiger partial charge in [0.1, 0.15) is 18.3 Å². The Hall–Kier alpha value is -4.19. The van der Waals surface area contributed by atoms with Crippen LogP contribution in [0.4, 0.5) is 11.4 Å². The molecular formula is C21H19N5O4. The van der Waals surface area contributed by atoms with Crippen LogP contribution in [0.1, 0.15) is 6.42 Å². The van der Waals surface area contributed by atoms with E-state index in [2.05, 4.69) is 5.10 Å². The van der Waals surface area contributed by atoms with E-state index < -0.39 is 30.4 Å². The number of primary amides is 1. The molecule has 2 aromatic carbocycles. The van der Waals surface area contributed by atoms with Gasteiger partial charge in [0.05, 0.1) is 11.8 Å². The van der Waals surface area contributed by atoms with Crippen molar-refractivity contribution in [3.63, 3.8) is 0 Å². The molecule has 1 unspecified atom stereocenters. The number of nitrogens with zero attached hydrogens (tertiary/aromatic N) is 4. The molecule has 152 valence electrons. The fourth-order valence-electron chi connectivity index (χ4n) is 2.96. The van der Waals surface area contributed by atoms with Crippen molar-refractivity contribution in [1.29, 1.82) is 5.26 Å². The summed E-state index contributed by atoms with van der Waals surface area (Å²) in [6.45, 7) is -0.756. The van der Waals surface area contributed by atoms with Crippen molar-refractivity contribution >= 4 is 34.9 Å². The third-order valence-corrected chi connectivity index (χ3v) is 4.42. The zero-order valence-electron chi connectivity index (χ0n) is 16.0. The first-order valence-corrected chi connectivity index (χ1v) is 9.12. The number of hydrogen-bond acceptors (Lipinski definition) is 7. The van der Waals surface area contributed by atoms with Gasteiger partial charge in [0, 0.05) is 12.1 Å². The number of carbonyl (C=O) groups excluding carboxylic acids is 3. The lowest BCUT2D eigenvalue weighted by molar-refractivity contribution is -0.141. The number of nitriles is 1. The Labute approximate surface area is 172 Å². The van der Waals surface area contributed by atoms with Crippen LogP contribution in [-0.4, -0.2) is 42.7 Å². The highest BCUT2D eigenvalue weighted by atomic mass is 16.5. The van der Waals surface area contributed by atoms with Gasteiger partial charge >= 0.3 is 5.97 Å². The van der Waals surface area contributed by atoms with E-state index in [1.807, 2.05) is 12.1 Å². The highest BCUT2D eigenvalue weighted by Crippen LogP contribution is 2.24. The molecule has 0 fully saturated rings. The average Bonchev–Trinajstić information content (AvgIpc) is 3.23. The molecule has 1 heterocycles. The molecule has 2 aromatic rings. The van der Waals surface area contributed by atoms with Crippen LogP contribution in [0.15, 0.2) is 65.8 Å². The summed E-state index contributed by atoms with van der Waals surface area (Å²) in [7, 11) is 0. The van der Waals surface area contributed by atoms with Crippen molar-refractivity contribution in [3.8, 4) is 6.07 Å². The van der Waals surface area contributed by atoms with Gasteiger partial charge in [0.15, 0.2) is 6.61 Å². The van der Waals surface area contributed by atoms with E-state index in [0.29, 0.717) is 11.4 Å². The number of esters is 1. The maximum atomic E-state index is 12.5. The van der Waals surface area contributed by atoms with Gasteiger partial charge in [-0.15, -0.1) is 0 Å². The standard InChI is InChI=1S/C21H19N5O4/c22-11-12-25(15-7-3-1-4-8-15)19(27)14-30-21(29)17-13-18(20(23)28)26(24-17)16-9-5-2-6-10-16/h1-10,18H,12-14H2,(H2,23,28). The molecule has 9 heteroatoms. The van der Waals surface area contributed by atoms with Gasteiger partial charge in [-0.3, -0.25) is 19.5 Å². The summed E-state index contributed by atoms with van der Waals surface area (Å²) in [6.07, 6.45) is -0.0299. The topological polar surface area (TPSA) is 129 Å². The van der Waals surface area contributed by atoms with E-state index in [-0.39, 0.29) is 18.7 Å². The van der Waals surface area contributed by atoms with Crippen LogP contribution < -0.4 is 15.6 Å². The monoisotopic (exact) mass is 405 g/mol. The predicted octanol–water partition coefficient (Wildman–Crippen LogP) is 1.21. The number of hydrazone groups is 1. The van der Waals surface area contributed by atoms with Crippen molar-refractivity contribution < 1.29 is 19.1 Å². The van der Waals surface area contributed by atoms with Crippen molar-refractivity contribution in [3.05, 3.63) is 60.7 Å². The summed E-state index contributed by atoms with van der Waals surface area (Å²) in [5.74, 6) is -2.01. The molecule has 0 spiro atoms. The molecule has 0 radical (unpaired) electrons. The maximum Gasteiger partial charge on any atom is 0.355 e. The molecule has 2 amide bonds. The predicted molar refractivity (Wildman–Crippen MR) is 109 cm³/mol. The number of anilines is 2. The molecule has 0 saturated heterocycles. The minimum absolute atomic E-state index is 0.0120. The van der Waals surface area contributed by atoms with Crippen LogP contribution >= 0.6 is 0 Å². The van der Waals surface area contributed by atoms with Crippen LogP contribution in [0, 0.1) is 11.3 Å². The first-order valence-electron chi connectivity index (χ1n) is 9.12. The number of para-hydroxylation sites is 2. The van der Waals surface area contributed by atoms with E-state index in [1.54, 1.807) is 54.6 Å². The molecule has 1 atom stereocenters. The van der Waals surface area contributed by atoms with Crippen LogP contribution in [-0.2, 0) is 19.1 Å². The number of benzene rings is 2. The first-order chi connectivity index (χ1) is 14.5. The Morgan fingerprint density at radius 3 is 2.37 bits per heavy atom. The molecule has 9 nitrogen and oxygen atoms in total. The second-order valence-electron chi connectivity index (χ2n) is 6.40. The smallest absolute Gasteiger partial charge is 0.355 e. The SMILES string of the molecule is N#CCN(C(=O)COC(=O)C1=NN(c2ccccc2)C(C(N)=O)C1)c1ccccc1. The summed E-state index contributed by atoms with van der Waals surface area (Å²) in [4.78, 5) is 37.9. The summed E-state index contributed by atoms with van der Waals surface area (Å²) in [5, 5.41) is 14.5. The number of amides is 2. The summed E-state index contributed by atoms with van der Waals surface area (Å²) in [6, 6.07) is 18.5. The number of ether oxygens (including phenoxy) is 1. The Bertz CT molecular complexity index is 1000. The van der Waals surface area contributed by atoms with Crippen LogP contribution in [0.25, 0.3) is 0 Å². The lowest BCUT2D eigenvalue weighted by Gasteiger charge is -2.20. The normalized spacial score (nSPS) is 15.1. The van der Waals surface area contributed by atoms with Gasteiger partial charge in [-0.05, 0) is 24.3 Å². The number of rotatable bonds is 7. The van der Waals surface area contributed by atoms with Gasteiger partial charge in [-0.1, -0.05) is 36.4 Å². The van der Waals surface area contributed by atoms with Crippen LogP contribution in [0.2, 0.25) is 0 Å². The lowest BCUT2D eigenvalue weighted by atomic mass is 10.1. The number of hydrogen-bond donors (Lipinski definition) is 1. The third kappa shape index (κ3) is 4.62. The third-order valence-electron chi connectivity index (χ3n) is 4.42. The Morgan fingerprint density at radius 1 is 1.13 bits per heavy atom. The molecule has 0 aliphatic carbocycles. The fraction of sp³-hybridized carbons (Fsp3) is 0.190. The quantitative estimate of drug-likeness (QED) is 0.544. The van der Waals surface area contributed by atoms with Crippen molar-refractivity contribution in [2.45, 2.75) is 12.5 Å². The van der Waals surface area contributed by atoms with Crippen molar-refractivity contribution in [1.82, 2.24) is 0 Å². The van der Waals surface area contributed by atoms with E-state index in [0.717, 1.165) is 0 Å². The molecule has 0 saturated carbocycles. The molecule has 3 rings (SSSR count). The van der Waals surface area contributed by atoms with E-state index in [9.17, 15) is 14.4 Å². The second-order valence-corrected chi connectivity index (χ2v) is 6.40. The van der Waals surface area contributed by atoms with Crippen LogP contribution in [0.3, 0.4) is 0 Å².